The van der Waals surface area contributed by atoms with Gasteiger partial charge in [0.1, 0.15) is 29.8 Å². The molecular formula is C31H36ClN7O2. The van der Waals surface area contributed by atoms with Gasteiger partial charge in [0.25, 0.3) is 0 Å². The number of aromatic hydroxyl groups is 1. The first-order valence-corrected chi connectivity index (χ1v) is 14.2. The molecule has 9 nitrogen and oxygen atoms in total. The van der Waals surface area contributed by atoms with Crippen molar-refractivity contribution in [1.82, 2.24) is 15.2 Å². The molecule has 214 valence electrons. The number of likely N-dealkylation sites (tertiary alicyclic amines) is 1. The molecule has 1 aromatic heterocycles. The summed E-state index contributed by atoms with van der Waals surface area (Å²) in [6.45, 7) is 5.04. The second-order valence-electron chi connectivity index (χ2n) is 11.1. The van der Waals surface area contributed by atoms with E-state index in [2.05, 4.69) is 45.3 Å². The van der Waals surface area contributed by atoms with Gasteiger partial charge in [0.05, 0.1) is 12.5 Å². The smallest absolute Gasteiger partial charge is 0.234 e. The monoisotopic (exact) mass is 573 g/mol. The van der Waals surface area contributed by atoms with Gasteiger partial charge in [0.15, 0.2) is 0 Å². The number of fused-ring (bicyclic) bond motifs is 2. The van der Waals surface area contributed by atoms with Crippen LogP contribution in [0, 0.1) is 22.7 Å². The van der Waals surface area contributed by atoms with Gasteiger partial charge in [0.2, 0.25) is 5.88 Å². The fraction of sp³-hybridized carbons (Fsp3) is 0.452. The van der Waals surface area contributed by atoms with E-state index in [1.807, 2.05) is 24.3 Å². The van der Waals surface area contributed by atoms with Crippen LogP contribution in [0.15, 0.2) is 36.4 Å². The Hall–Kier alpha value is -3.76. The zero-order chi connectivity index (χ0) is 27.6. The van der Waals surface area contributed by atoms with Gasteiger partial charge in [-0.2, -0.15) is 15.5 Å². The largest absolute Gasteiger partial charge is 0.508 e. The van der Waals surface area contributed by atoms with Gasteiger partial charge >= 0.3 is 0 Å². The van der Waals surface area contributed by atoms with Crippen molar-refractivity contribution < 1.29 is 9.84 Å². The van der Waals surface area contributed by atoms with Crippen LogP contribution in [0.3, 0.4) is 0 Å². The Morgan fingerprint density at radius 2 is 1.98 bits per heavy atom. The first-order chi connectivity index (χ1) is 19.6. The molecule has 0 radical (unpaired) electrons. The number of phenols is 1. The number of aromatic nitrogens is 1. The van der Waals surface area contributed by atoms with E-state index in [1.54, 1.807) is 6.07 Å². The van der Waals surface area contributed by atoms with Gasteiger partial charge in [-0.1, -0.05) is 24.3 Å². The zero-order valence-electron chi connectivity index (χ0n) is 23.3. The minimum Gasteiger partial charge on any atom is -0.508 e. The summed E-state index contributed by atoms with van der Waals surface area (Å²) in [5.41, 5.74) is 3.48. The van der Waals surface area contributed by atoms with Crippen LogP contribution in [0.5, 0.6) is 11.6 Å². The topological polar surface area (TPSA) is 112 Å². The van der Waals surface area contributed by atoms with Crippen LogP contribution in [-0.4, -0.2) is 73.5 Å². The molecule has 0 aliphatic carbocycles. The van der Waals surface area contributed by atoms with Gasteiger partial charge in [-0.25, -0.2) is 0 Å². The Morgan fingerprint density at radius 1 is 1.12 bits per heavy atom. The number of hydrogen-bond acceptors (Lipinski definition) is 9. The summed E-state index contributed by atoms with van der Waals surface area (Å²) in [6.07, 6.45) is 3.37. The maximum absolute atomic E-state index is 10.5. The Kier molecular flexibility index (Phi) is 8.70. The SMILES string of the molecule is CN1CCC[C@H]1COc1nc(N2CCNC(CC#N)C2)c2c(c1C#N)CN(c1cc(O)cc3ccccc13)CC2.Cl. The van der Waals surface area contributed by atoms with Gasteiger partial charge in [-0.15, -0.1) is 12.4 Å². The maximum Gasteiger partial charge on any atom is 0.234 e. The Bertz CT molecular complexity index is 1500. The summed E-state index contributed by atoms with van der Waals surface area (Å²) >= 11 is 0. The first kappa shape index (κ1) is 28.8. The van der Waals surface area contributed by atoms with Crippen LogP contribution in [0.25, 0.3) is 10.8 Å². The van der Waals surface area contributed by atoms with Gasteiger partial charge in [-0.3, -0.25) is 0 Å². The van der Waals surface area contributed by atoms with Crippen molar-refractivity contribution in [3.05, 3.63) is 53.1 Å². The molecule has 2 fully saturated rings. The number of nitrogens with one attached hydrogen (secondary N) is 1. The molecule has 0 bridgehead atoms. The van der Waals surface area contributed by atoms with E-state index >= 15 is 0 Å². The lowest BCUT2D eigenvalue weighted by atomic mass is 9.94. The minimum absolute atomic E-state index is 0. The lowest BCUT2D eigenvalue weighted by Crippen LogP contribution is -2.51. The second kappa shape index (κ2) is 12.4. The number of pyridine rings is 1. The van der Waals surface area contributed by atoms with Crippen molar-refractivity contribution in [2.75, 3.05) is 56.2 Å². The van der Waals surface area contributed by atoms with Crippen molar-refractivity contribution in [3.8, 4) is 23.8 Å². The van der Waals surface area contributed by atoms with E-state index in [1.165, 1.54) is 0 Å². The number of halogens is 1. The quantitative estimate of drug-likeness (QED) is 0.452. The van der Waals surface area contributed by atoms with Crippen LogP contribution < -0.4 is 19.9 Å². The molecule has 1 unspecified atom stereocenters. The van der Waals surface area contributed by atoms with Crippen molar-refractivity contribution in [3.63, 3.8) is 0 Å². The minimum atomic E-state index is 0. The van der Waals surface area contributed by atoms with Gasteiger partial charge < -0.3 is 29.9 Å². The van der Waals surface area contributed by atoms with E-state index in [0.29, 0.717) is 43.6 Å². The summed E-state index contributed by atoms with van der Waals surface area (Å²) in [4.78, 5) is 11.8. The van der Waals surface area contributed by atoms with Crippen LogP contribution in [0.2, 0.25) is 0 Å². The molecule has 2 N–H and O–H groups in total. The lowest BCUT2D eigenvalue weighted by molar-refractivity contribution is 0.192. The third-order valence-corrected chi connectivity index (χ3v) is 8.59. The molecule has 2 aromatic carbocycles. The average Bonchev–Trinajstić information content (AvgIpc) is 3.39. The number of rotatable bonds is 6. The summed E-state index contributed by atoms with van der Waals surface area (Å²) in [6, 6.07) is 16.8. The zero-order valence-corrected chi connectivity index (χ0v) is 24.2. The number of phenolic OH excluding ortho intramolecular Hbond substituents is 1. The normalized spacial score (nSPS) is 20.7. The van der Waals surface area contributed by atoms with Gasteiger partial charge in [0, 0.05) is 73.1 Å². The first-order valence-electron chi connectivity index (χ1n) is 14.2. The molecule has 3 aliphatic rings. The number of piperazine rings is 1. The molecule has 41 heavy (non-hydrogen) atoms. The molecule has 3 aromatic rings. The maximum atomic E-state index is 10.5. The number of hydrogen-bond donors (Lipinski definition) is 2. The molecule has 2 atom stereocenters. The number of nitriles is 2. The number of anilines is 2. The molecule has 0 saturated carbocycles. The van der Waals surface area contributed by atoms with Crippen molar-refractivity contribution in [2.24, 2.45) is 0 Å². The van der Waals surface area contributed by atoms with E-state index in [4.69, 9.17) is 9.72 Å². The van der Waals surface area contributed by atoms with E-state index in [0.717, 1.165) is 78.8 Å². The van der Waals surface area contributed by atoms with E-state index < -0.39 is 0 Å². The highest BCUT2D eigenvalue weighted by Crippen LogP contribution is 2.39. The second-order valence-corrected chi connectivity index (χ2v) is 11.1. The Labute approximate surface area is 247 Å². The standard InChI is InChI=1S/C31H35N7O2.ClH/c1-36-12-4-6-23(36)20-40-31-27(17-33)28-19-37(29-16-24(39)15-21-5-2-3-7-25(21)29)13-9-26(28)30(35-31)38-14-11-34-22(18-38)8-10-32;/h2-3,5,7,15-16,22-23,34,39H,4,6,8-9,11-14,18-20H2,1H3;1H/t22?,23-;/m0./s1. The molecule has 6 rings (SSSR count). The summed E-state index contributed by atoms with van der Waals surface area (Å²) < 4.78 is 6.36. The molecular weight excluding hydrogens is 538 g/mol. The van der Waals surface area contributed by atoms with E-state index in [9.17, 15) is 15.6 Å². The van der Waals surface area contributed by atoms with E-state index in [-0.39, 0.29) is 24.2 Å². The van der Waals surface area contributed by atoms with Crippen LogP contribution in [0.1, 0.15) is 36.0 Å². The number of nitrogens with zero attached hydrogens (tertiary/aromatic N) is 6. The molecule has 2 saturated heterocycles. The van der Waals surface area contributed by atoms with Crippen LogP contribution in [0.4, 0.5) is 11.5 Å². The number of ether oxygens (including phenoxy) is 1. The highest BCUT2D eigenvalue weighted by molar-refractivity contribution is 5.95. The fourth-order valence-electron chi connectivity index (χ4n) is 6.44. The predicted octanol–water partition coefficient (Wildman–Crippen LogP) is 3.96. The number of benzene rings is 2. The molecule has 4 heterocycles. The third-order valence-electron chi connectivity index (χ3n) is 8.59. The summed E-state index contributed by atoms with van der Waals surface area (Å²) in [5, 5.41) is 35.7. The highest BCUT2D eigenvalue weighted by Gasteiger charge is 2.32. The van der Waals surface area contributed by atoms with Crippen LogP contribution >= 0.6 is 12.4 Å². The highest BCUT2D eigenvalue weighted by atomic mass is 35.5. The third kappa shape index (κ3) is 5.71. The Balaban J connectivity index is 0.00000337. The summed E-state index contributed by atoms with van der Waals surface area (Å²) in [5.74, 6) is 1.49. The van der Waals surface area contributed by atoms with Crippen molar-refractivity contribution in [1.29, 1.82) is 10.5 Å². The molecule has 0 spiro atoms. The summed E-state index contributed by atoms with van der Waals surface area (Å²) in [7, 11) is 2.12. The number of likely N-dealkylation sites (N-methyl/N-ethyl adjacent to an activating group) is 1. The fourth-order valence-corrected chi connectivity index (χ4v) is 6.44. The molecule has 10 heteroatoms. The van der Waals surface area contributed by atoms with Crippen LogP contribution in [-0.2, 0) is 13.0 Å². The average molecular weight is 574 g/mol. The van der Waals surface area contributed by atoms with Gasteiger partial charge in [-0.05, 0) is 44.3 Å². The molecule has 3 aliphatic heterocycles. The van der Waals surface area contributed by atoms with Crippen molar-refractivity contribution in [2.45, 2.75) is 44.3 Å². The molecule has 0 amide bonds. The predicted molar refractivity (Wildman–Crippen MR) is 162 cm³/mol. The van der Waals surface area contributed by atoms with Crippen molar-refractivity contribution >= 4 is 34.7 Å². The lowest BCUT2D eigenvalue weighted by Gasteiger charge is -2.38. The Morgan fingerprint density at radius 3 is 2.76 bits per heavy atom.